The minimum Gasteiger partial charge on any atom is -0.434 e. The SMILES string of the molecule is [2H]CN1C(=O)c2cccc(OC(F)F)c2[C@H]2C[C@@H]1c1nc3ccc(Cl)cc3n12. The predicted molar refractivity (Wildman–Crippen MR) is 95.4 cm³/mol. The summed E-state index contributed by atoms with van der Waals surface area (Å²) in [5.74, 6) is 0.210. The molecule has 0 fully saturated rings. The molecule has 2 aliphatic heterocycles. The predicted octanol–water partition coefficient (Wildman–Crippen LogP) is 4.41. The number of aromatic nitrogens is 2. The summed E-state index contributed by atoms with van der Waals surface area (Å²) in [6, 6.07) is 8.97. The molecule has 27 heavy (non-hydrogen) atoms. The van der Waals surface area contributed by atoms with Gasteiger partial charge in [0.2, 0.25) is 0 Å². The zero-order chi connectivity index (χ0) is 19.6. The van der Waals surface area contributed by atoms with Crippen molar-refractivity contribution in [2.45, 2.75) is 25.1 Å². The van der Waals surface area contributed by atoms with E-state index in [9.17, 15) is 13.6 Å². The monoisotopic (exact) mass is 390 g/mol. The molecule has 3 aromatic rings. The summed E-state index contributed by atoms with van der Waals surface area (Å²) in [4.78, 5) is 19.1. The van der Waals surface area contributed by atoms with Crippen LogP contribution in [-0.2, 0) is 0 Å². The Bertz CT molecular complexity index is 1120. The van der Waals surface area contributed by atoms with E-state index in [1.807, 2.05) is 4.57 Å². The second-order valence-electron chi connectivity index (χ2n) is 6.61. The first-order chi connectivity index (χ1) is 13.5. The Balaban J connectivity index is 1.83. The number of halogens is 3. The molecule has 0 radical (unpaired) electrons. The molecule has 2 aromatic carbocycles. The molecule has 1 aromatic heterocycles. The maximum absolute atomic E-state index is 13.1. The molecular formula is C19H14ClF2N3O2. The van der Waals surface area contributed by atoms with Crippen LogP contribution in [0.15, 0.2) is 36.4 Å². The molecule has 1 amide bonds. The van der Waals surface area contributed by atoms with Gasteiger partial charge in [-0.2, -0.15) is 8.78 Å². The fraction of sp³-hybridized carbons (Fsp3) is 0.263. The Hall–Kier alpha value is -2.67. The first kappa shape index (κ1) is 15.4. The van der Waals surface area contributed by atoms with Gasteiger partial charge in [-0.25, -0.2) is 4.98 Å². The molecule has 0 aliphatic carbocycles. The third kappa shape index (κ3) is 2.27. The lowest BCUT2D eigenvalue weighted by molar-refractivity contribution is -0.0507. The third-order valence-electron chi connectivity index (χ3n) is 5.22. The lowest BCUT2D eigenvalue weighted by atomic mass is 9.97. The van der Waals surface area contributed by atoms with Crippen LogP contribution in [0, 0.1) is 0 Å². The van der Waals surface area contributed by atoms with Gasteiger partial charge in [0.25, 0.3) is 5.91 Å². The van der Waals surface area contributed by atoms with E-state index >= 15 is 0 Å². The van der Waals surface area contributed by atoms with Crippen molar-refractivity contribution in [3.8, 4) is 5.75 Å². The molecule has 2 atom stereocenters. The van der Waals surface area contributed by atoms with Gasteiger partial charge >= 0.3 is 6.61 Å². The normalized spacial score (nSPS) is 21.3. The number of rotatable bonds is 2. The van der Waals surface area contributed by atoms with Crippen LogP contribution in [0.4, 0.5) is 8.78 Å². The molecule has 3 heterocycles. The van der Waals surface area contributed by atoms with Crippen molar-refractivity contribution < 1.29 is 19.7 Å². The second-order valence-corrected chi connectivity index (χ2v) is 7.05. The van der Waals surface area contributed by atoms with Crippen molar-refractivity contribution >= 4 is 28.5 Å². The van der Waals surface area contributed by atoms with Gasteiger partial charge in [0, 0.05) is 31.0 Å². The minimum absolute atomic E-state index is 0.0341. The largest absolute Gasteiger partial charge is 0.434 e. The van der Waals surface area contributed by atoms with Crippen molar-refractivity contribution in [3.05, 3.63) is 58.4 Å². The average molecular weight is 391 g/mol. The molecular weight excluding hydrogens is 376 g/mol. The van der Waals surface area contributed by atoms with Gasteiger partial charge in [-0.05, 0) is 30.3 Å². The number of fused-ring (bicyclic) bond motifs is 9. The quantitative estimate of drug-likeness (QED) is 0.651. The Morgan fingerprint density at radius 3 is 2.96 bits per heavy atom. The first-order valence-corrected chi connectivity index (χ1v) is 8.72. The van der Waals surface area contributed by atoms with Gasteiger partial charge in [-0.15, -0.1) is 0 Å². The lowest BCUT2D eigenvalue weighted by Gasteiger charge is -2.24. The lowest BCUT2D eigenvalue weighted by Crippen LogP contribution is -2.30. The van der Waals surface area contributed by atoms with Crippen LogP contribution in [-0.4, -0.2) is 34.0 Å². The number of benzene rings is 2. The minimum atomic E-state index is -3.01. The van der Waals surface area contributed by atoms with E-state index in [2.05, 4.69) is 4.98 Å². The van der Waals surface area contributed by atoms with E-state index in [0.717, 1.165) is 5.52 Å². The second kappa shape index (κ2) is 5.66. The first-order valence-electron chi connectivity index (χ1n) is 9.05. The van der Waals surface area contributed by atoms with Gasteiger partial charge in [-0.1, -0.05) is 17.7 Å². The number of carbonyl (C=O) groups excluding carboxylic acids is 1. The molecule has 8 heteroatoms. The summed E-state index contributed by atoms with van der Waals surface area (Å²) in [5.41, 5.74) is 2.12. The molecule has 0 saturated heterocycles. The van der Waals surface area contributed by atoms with Gasteiger partial charge < -0.3 is 14.2 Å². The molecule has 5 rings (SSSR count). The van der Waals surface area contributed by atoms with Crippen LogP contribution >= 0.6 is 11.6 Å². The van der Waals surface area contributed by atoms with Crippen molar-refractivity contribution in [1.29, 1.82) is 0 Å². The molecule has 0 spiro atoms. The van der Waals surface area contributed by atoms with Gasteiger partial charge in [0.1, 0.15) is 11.6 Å². The Morgan fingerprint density at radius 1 is 1.33 bits per heavy atom. The van der Waals surface area contributed by atoms with Crippen molar-refractivity contribution in [2.24, 2.45) is 0 Å². The van der Waals surface area contributed by atoms with Crippen molar-refractivity contribution in [2.75, 3.05) is 7.02 Å². The number of carbonyl (C=O) groups is 1. The van der Waals surface area contributed by atoms with Crippen LogP contribution in [0.1, 0.15) is 41.6 Å². The standard InChI is InChI=1S/C19H14ClF2N3O2/c1-24-14-8-13(25-12-7-9(20)5-6-11(12)23-17(14)25)16-10(18(24)26)3-2-4-15(16)27-19(21)22/h2-7,13-14,19H,8H2,1H3/t13-,14-/m1/s1/i1D. The fourth-order valence-electron chi connectivity index (χ4n) is 4.15. The zero-order valence-corrected chi connectivity index (χ0v) is 14.7. The number of imidazole rings is 1. The van der Waals surface area contributed by atoms with Crippen LogP contribution in [0.3, 0.4) is 0 Å². The molecule has 5 nitrogen and oxygen atoms in total. The average Bonchev–Trinajstić information content (AvgIpc) is 3.15. The maximum atomic E-state index is 13.1. The highest BCUT2D eigenvalue weighted by Crippen LogP contribution is 2.50. The summed E-state index contributed by atoms with van der Waals surface area (Å²) < 4.78 is 40.6. The van der Waals surface area contributed by atoms with Crippen molar-refractivity contribution in [1.82, 2.24) is 14.5 Å². The van der Waals surface area contributed by atoms with Crippen LogP contribution in [0.5, 0.6) is 5.75 Å². The topological polar surface area (TPSA) is 47.4 Å². The summed E-state index contributed by atoms with van der Waals surface area (Å²) in [5, 5.41) is 0.528. The van der Waals surface area contributed by atoms with Crippen LogP contribution < -0.4 is 4.74 Å². The van der Waals surface area contributed by atoms with Gasteiger partial charge in [0.05, 0.1) is 23.1 Å². The number of hydrogen-bond donors (Lipinski definition) is 0. The number of nitrogens with zero attached hydrogens (tertiary/aromatic N) is 3. The smallest absolute Gasteiger partial charge is 0.387 e. The van der Waals surface area contributed by atoms with Gasteiger partial charge in [0.15, 0.2) is 0 Å². The van der Waals surface area contributed by atoms with E-state index in [1.54, 1.807) is 24.3 Å². The highest BCUT2D eigenvalue weighted by atomic mass is 35.5. The van der Waals surface area contributed by atoms with E-state index in [1.165, 1.54) is 17.0 Å². The van der Waals surface area contributed by atoms with E-state index < -0.39 is 18.7 Å². The highest BCUT2D eigenvalue weighted by Gasteiger charge is 2.44. The van der Waals surface area contributed by atoms with Crippen molar-refractivity contribution in [3.63, 3.8) is 0 Å². The maximum Gasteiger partial charge on any atom is 0.387 e. The van der Waals surface area contributed by atoms with Crippen LogP contribution in [0.25, 0.3) is 11.0 Å². The van der Waals surface area contributed by atoms with E-state index in [-0.39, 0.29) is 24.2 Å². The fourth-order valence-corrected chi connectivity index (χ4v) is 4.32. The summed E-state index contributed by atoms with van der Waals surface area (Å²) >= 11 is 6.17. The Kier molecular flexibility index (Phi) is 3.23. The van der Waals surface area contributed by atoms with Crippen LogP contribution in [0.2, 0.25) is 5.02 Å². The number of alkyl halides is 2. The van der Waals surface area contributed by atoms with E-state index in [4.69, 9.17) is 17.7 Å². The van der Waals surface area contributed by atoms with Gasteiger partial charge in [-0.3, -0.25) is 4.79 Å². The number of hydrogen-bond acceptors (Lipinski definition) is 3. The molecule has 2 aliphatic rings. The zero-order valence-electron chi connectivity index (χ0n) is 14.9. The molecule has 0 N–H and O–H groups in total. The molecule has 0 saturated carbocycles. The Labute approximate surface area is 159 Å². The molecule has 138 valence electrons. The molecule has 2 bridgehead atoms. The third-order valence-corrected chi connectivity index (χ3v) is 5.45. The number of ether oxygens (including phenoxy) is 1. The highest BCUT2D eigenvalue weighted by molar-refractivity contribution is 6.31. The Morgan fingerprint density at radius 2 is 2.19 bits per heavy atom. The summed E-state index contributed by atoms with van der Waals surface area (Å²) in [6.07, 6.45) is 0.437. The summed E-state index contributed by atoms with van der Waals surface area (Å²) in [7, 11) is -0.264. The molecule has 0 unspecified atom stereocenters. The van der Waals surface area contributed by atoms with E-state index in [0.29, 0.717) is 28.3 Å². The summed E-state index contributed by atoms with van der Waals surface area (Å²) in [6.45, 7) is -3.01. The number of amides is 1.